The molecule has 0 bridgehead atoms. The smallest absolute Gasteiger partial charge is 0.254 e. The van der Waals surface area contributed by atoms with Crippen LogP contribution in [0.1, 0.15) is 41.2 Å². The molecule has 1 atom stereocenters. The van der Waals surface area contributed by atoms with Crippen LogP contribution in [0.3, 0.4) is 0 Å². The van der Waals surface area contributed by atoms with E-state index in [-0.39, 0.29) is 23.4 Å². The Bertz CT molecular complexity index is 1070. The molecule has 0 aromatic heterocycles. The second-order valence-corrected chi connectivity index (χ2v) is 9.35. The van der Waals surface area contributed by atoms with Gasteiger partial charge >= 0.3 is 0 Å². The SMILES string of the molecule is C=CCNS(=O)(=O)c1ccc(C(=O)N2CCC[C@H]2c2ccc3c(c2)OCCCO3)cc1. The molecule has 0 spiro atoms. The van der Waals surface area contributed by atoms with Crippen LogP contribution in [0.5, 0.6) is 11.5 Å². The molecule has 2 aliphatic rings. The van der Waals surface area contributed by atoms with E-state index < -0.39 is 10.0 Å². The Balaban J connectivity index is 1.53. The minimum absolute atomic E-state index is 0.0534. The van der Waals surface area contributed by atoms with Crippen LogP contribution in [-0.2, 0) is 10.0 Å². The first-order valence-electron chi connectivity index (χ1n) is 10.4. The summed E-state index contributed by atoms with van der Waals surface area (Å²) in [5.41, 5.74) is 1.48. The molecular formula is C23H26N2O5S. The second-order valence-electron chi connectivity index (χ2n) is 7.58. The van der Waals surface area contributed by atoms with Gasteiger partial charge < -0.3 is 14.4 Å². The number of sulfonamides is 1. The summed E-state index contributed by atoms with van der Waals surface area (Å²) in [5.74, 6) is 1.34. The van der Waals surface area contributed by atoms with Crippen LogP contribution < -0.4 is 14.2 Å². The lowest BCUT2D eigenvalue weighted by Crippen LogP contribution is -2.30. The van der Waals surface area contributed by atoms with Crippen molar-refractivity contribution in [1.82, 2.24) is 9.62 Å². The molecule has 1 N–H and O–H groups in total. The summed E-state index contributed by atoms with van der Waals surface area (Å²) in [7, 11) is -3.62. The number of nitrogens with one attached hydrogen (secondary N) is 1. The highest BCUT2D eigenvalue weighted by Crippen LogP contribution is 2.38. The van der Waals surface area contributed by atoms with Gasteiger partial charge in [-0.3, -0.25) is 4.79 Å². The van der Waals surface area contributed by atoms with Gasteiger partial charge in [-0.15, -0.1) is 6.58 Å². The van der Waals surface area contributed by atoms with Gasteiger partial charge in [0.2, 0.25) is 10.0 Å². The van der Waals surface area contributed by atoms with Crippen molar-refractivity contribution in [2.75, 3.05) is 26.3 Å². The normalized spacial score (nSPS) is 18.5. The zero-order valence-electron chi connectivity index (χ0n) is 17.2. The summed E-state index contributed by atoms with van der Waals surface area (Å²) in [6.07, 6.45) is 4.08. The molecule has 164 valence electrons. The fourth-order valence-corrected chi connectivity index (χ4v) is 4.94. The summed E-state index contributed by atoms with van der Waals surface area (Å²) in [5, 5.41) is 0. The van der Waals surface area contributed by atoms with E-state index in [1.807, 2.05) is 23.1 Å². The van der Waals surface area contributed by atoms with Crippen LogP contribution in [0.2, 0.25) is 0 Å². The average molecular weight is 443 g/mol. The minimum atomic E-state index is -3.62. The number of nitrogens with zero attached hydrogens (tertiary/aromatic N) is 1. The first kappa shape index (κ1) is 21.4. The van der Waals surface area contributed by atoms with E-state index in [0.29, 0.717) is 25.3 Å². The quantitative estimate of drug-likeness (QED) is 0.694. The van der Waals surface area contributed by atoms with Gasteiger partial charge in [0.1, 0.15) is 0 Å². The molecule has 0 unspecified atom stereocenters. The van der Waals surface area contributed by atoms with Gasteiger partial charge in [-0.2, -0.15) is 0 Å². The predicted molar refractivity (Wildman–Crippen MR) is 117 cm³/mol. The standard InChI is InChI=1S/C23H26N2O5S/c1-2-12-24-31(27,28)19-9-6-17(7-10-19)23(26)25-13-3-5-20(25)18-8-11-21-22(16-18)30-15-4-14-29-21/h2,6-11,16,20,24H,1,3-5,12-15H2/t20-/m0/s1. The number of fused-ring (bicyclic) bond motifs is 1. The third-order valence-electron chi connectivity index (χ3n) is 5.50. The summed E-state index contributed by atoms with van der Waals surface area (Å²) in [6.45, 7) is 5.55. The fraction of sp³-hybridized carbons (Fsp3) is 0.348. The maximum Gasteiger partial charge on any atom is 0.254 e. The van der Waals surface area contributed by atoms with Gasteiger partial charge in [-0.05, 0) is 54.8 Å². The van der Waals surface area contributed by atoms with Gasteiger partial charge in [0, 0.05) is 25.1 Å². The van der Waals surface area contributed by atoms with Gasteiger partial charge in [0.05, 0.1) is 24.2 Å². The van der Waals surface area contributed by atoms with Gasteiger partial charge in [-0.25, -0.2) is 13.1 Å². The van der Waals surface area contributed by atoms with Crippen molar-refractivity contribution in [2.24, 2.45) is 0 Å². The lowest BCUT2D eigenvalue weighted by molar-refractivity contribution is 0.0735. The lowest BCUT2D eigenvalue weighted by Gasteiger charge is -2.26. The summed E-state index contributed by atoms with van der Waals surface area (Å²) >= 11 is 0. The monoisotopic (exact) mass is 442 g/mol. The molecular weight excluding hydrogens is 416 g/mol. The Labute approximate surface area is 182 Å². The van der Waals surface area contributed by atoms with E-state index >= 15 is 0 Å². The molecule has 31 heavy (non-hydrogen) atoms. The van der Waals surface area contributed by atoms with E-state index in [0.717, 1.165) is 36.3 Å². The third-order valence-corrected chi connectivity index (χ3v) is 6.94. The molecule has 0 saturated carbocycles. The topological polar surface area (TPSA) is 84.9 Å². The summed E-state index contributed by atoms with van der Waals surface area (Å²) in [4.78, 5) is 15.2. The maximum absolute atomic E-state index is 13.2. The predicted octanol–water partition coefficient (Wildman–Crippen LogP) is 3.29. The van der Waals surface area contributed by atoms with Crippen LogP contribution in [-0.4, -0.2) is 45.5 Å². The molecule has 2 heterocycles. The van der Waals surface area contributed by atoms with Gasteiger partial charge in [0.15, 0.2) is 11.5 Å². The Morgan fingerprint density at radius 1 is 1.10 bits per heavy atom. The third kappa shape index (κ3) is 4.60. The Morgan fingerprint density at radius 2 is 1.84 bits per heavy atom. The van der Waals surface area contributed by atoms with E-state index in [2.05, 4.69) is 11.3 Å². The summed E-state index contributed by atoms with van der Waals surface area (Å²) in [6, 6.07) is 11.9. The number of rotatable bonds is 6. The van der Waals surface area contributed by atoms with Crippen LogP contribution >= 0.6 is 0 Å². The highest BCUT2D eigenvalue weighted by Gasteiger charge is 2.31. The summed E-state index contributed by atoms with van der Waals surface area (Å²) < 4.78 is 38.4. The molecule has 1 amide bonds. The second kappa shape index (κ2) is 9.11. The molecule has 1 fully saturated rings. The van der Waals surface area contributed by atoms with E-state index in [1.54, 1.807) is 12.1 Å². The molecule has 2 aromatic rings. The maximum atomic E-state index is 13.2. The number of amides is 1. The molecule has 2 aliphatic heterocycles. The first-order chi connectivity index (χ1) is 15.0. The number of likely N-dealkylation sites (tertiary alicyclic amines) is 1. The number of benzene rings is 2. The molecule has 4 rings (SSSR count). The first-order valence-corrected chi connectivity index (χ1v) is 11.9. The molecule has 8 heteroatoms. The number of hydrogen-bond acceptors (Lipinski definition) is 5. The Hall–Kier alpha value is -2.84. The van der Waals surface area contributed by atoms with Crippen LogP contribution in [0, 0.1) is 0 Å². The Kier molecular flexibility index (Phi) is 6.29. The van der Waals surface area contributed by atoms with Crippen molar-refractivity contribution in [3.05, 3.63) is 66.2 Å². The van der Waals surface area contributed by atoms with Crippen molar-refractivity contribution in [2.45, 2.75) is 30.2 Å². The van der Waals surface area contributed by atoms with Crippen LogP contribution in [0.25, 0.3) is 0 Å². The molecule has 7 nitrogen and oxygen atoms in total. The van der Waals surface area contributed by atoms with Crippen molar-refractivity contribution < 1.29 is 22.7 Å². The number of hydrogen-bond donors (Lipinski definition) is 1. The average Bonchev–Trinajstić information content (AvgIpc) is 3.16. The molecule has 1 saturated heterocycles. The van der Waals surface area contributed by atoms with Crippen molar-refractivity contribution in [3.63, 3.8) is 0 Å². The van der Waals surface area contributed by atoms with Gasteiger partial charge in [-0.1, -0.05) is 12.1 Å². The van der Waals surface area contributed by atoms with Crippen LogP contribution in [0.4, 0.5) is 0 Å². The van der Waals surface area contributed by atoms with Crippen molar-refractivity contribution in [3.8, 4) is 11.5 Å². The highest BCUT2D eigenvalue weighted by molar-refractivity contribution is 7.89. The minimum Gasteiger partial charge on any atom is -0.490 e. The fourth-order valence-electron chi connectivity index (χ4n) is 3.94. The van der Waals surface area contributed by atoms with E-state index in [9.17, 15) is 13.2 Å². The zero-order chi connectivity index (χ0) is 21.8. The highest BCUT2D eigenvalue weighted by atomic mass is 32.2. The largest absolute Gasteiger partial charge is 0.490 e. The van der Waals surface area contributed by atoms with Crippen molar-refractivity contribution >= 4 is 15.9 Å². The molecule has 2 aromatic carbocycles. The van der Waals surface area contributed by atoms with E-state index in [4.69, 9.17) is 9.47 Å². The lowest BCUT2D eigenvalue weighted by atomic mass is 10.0. The van der Waals surface area contributed by atoms with Crippen LogP contribution in [0.15, 0.2) is 60.0 Å². The molecule has 0 aliphatic carbocycles. The molecule has 0 radical (unpaired) electrons. The zero-order valence-corrected chi connectivity index (χ0v) is 18.1. The van der Waals surface area contributed by atoms with Crippen molar-refractivity contribution in [1.29, 1.82) is 0 Å². The van der Waals surface area contributed by atoms with Gasteiger partial charge in [0.25, 0.3) is 5.91 Å². The number of carbonyl (C=O) groups is 1. The Morgan fingerprint density at radius 3 is 2.58 bits per heavy atom. The number of ether oxygens (including phenoxy) is 2. The van der Waals surface area contributed by atoms with E-state index in [1.165, 1.54) is 18.2 Å². The number of carbonyl (C=O) groups excluding carboxylic acids is 1.